The lowest BCUT2D eigenvalue weighted by atomic mass is 9.97. The number of benzene rings is 1. The molecule has 0 saturated carbocycles. The van der Waals surface area contributed by atoms with Gasteiger partial charge in [-0.25, -0.2) is 9.18 Å². The maximum Gasteiger partial charge on any atom is 0.317 e. The summed E-state index contributed by atoms with van der Waals surface area (Å²) >= 11 is 0. The van der Waals surface area contributed by atoms with E-state index in [1.807, 2.05) is 0 Å². The van der Waals surface area contributed by atoms with E-state index in [0.29, 0.717) is 44.7 Å². The van der Waals surface area contributed by atoms with Crippen molar-refractivity contribution in [3.63, 3.8) is 0 Å². The summed E-state index contributed by atoms with van der Waals surface area (Å²) in [5, 5.41) is 2.96. The van der Waals surface area contributed by atoms with Gasteiger partial charge in [-0.1, -0.05) is 39.0 Å². The first-order valence-electron chi connectivity index (χ1n) is 9.30. The Bertz CT molecular complexity index is 628. The highest BCUT2D eigenvalue weighted by molar-refractivity contribution is 5.77. The number of urea groups is 1. The van der Waals surface area contributed by atoms with Gasteiger partial charge in [0.05, 0.1) is 0 Å². The predicted molar refractivity (Wildman–Crippen MR) is 100 cm³/mol. The first-order chi connectivity index (χ1) is 12.3. The minimum atomic E-state index is -0.266. The molecule has 1 aromatic carbocycles. The van der Waals surface area contributed by atoms with Gasteiger partial charge in [0.1, 0.15) is 5.82 Å². The fourth-order valence-electron chi connectivity index (χ4n) is 2.92. The van der Waals surface area contributed by atoms with Gasteiger partial charge in [0.25, 0.3) is 0 Å². The lowest BCUT2D eigenvalue weighted by Crippen LogP contribution is -2.44. The molecule has 0 atom stereocenters. The Morgan fingerprint density at radius 3 is 2.42 bits per heavy atom. The highest BCUT2D eigenvalue weighted by atomic mass is 19.1. The SMILES string of the molecule is CC(C)(C)CNC(=O)N1CCCN(C(=O)CCc2ccccc2F)CC1. The van der Waals surface area contributed by atoms with Gasteiger partial charge in [-0.05, 0) is 29.9 Å². The Morgan fingerprint density at radius 1 is 1.08 bits per heavy atom. The molecule has 2 rings (SSSR count). The first kappa shape index (κ1) is 20.2. The van der Waals surface area contributed by atoms with Crippen LogP contribution in [0.25, 0.3) is 0 Å². The Hall–Kier alpha value is -2.11. The van der Waals surface area contributed by atoms with Crippen LogP contribution >= 0.6 is 0 Å². The third-order valence-corrected chi connectivity index (χ3v) is 4.47. The summed E-state index contributed by atoms with van der Waals surface area (Å²) in [5.74, 6) is -0.247. The molecular formula is C20H30FN3O2. The van der Waals surface area contributed by atoms with Crippen LogP contribution in [-0.2, 0) is 11.2 Å². The zero-order valence-corrected chi connectivity index (χ0v) is 16.1. The number of carbonyl (C=O) groups is 2. The van der Waals surface area contributed by atoms with Crippen molar-refractivity contribution < 1.29 is 14.0 Å². The van der Waals surface area contributed by atoms with Crippen molar-refractivity contribution >= 4 is 11.9 Å². The average Bonchev–Trinajstić information content (AvgIpc) is 2.84. The molecule has 0 spiro atoms. The van der Waals surface area contributed by atoms with Crippen molar-refractivity contribution in [1.82, 2.24) is 15.1 Å². The van der Waals surface area contributed by atoms with Crippen LogP contribution in [0.3, 0.4) is 0 Å². The van der Waals surface area contributed by atoms with Crippen LogP contribution in [-0.4, -0.2) is 54.5 Å². The van der Waals surface area contributed by atoms with Crippen molar-refractivity contribution in [3.05, 3.63) is 35.6 Å². The van der Waals surface area contributed by atoms with Gasteiger partial charge in [0.2, 0.25) is 5.91 Å². The monoisotopic (exact) mass is 363 g/mol. The third kappa shape index (κ3) is 6.32. The number of aryl methyl sites for hydroxylation is 1. The van der Waals surface area contributed by atoms with Gasteiger partial charge in [0.15, 0.2) is 0 Å². The lowest BCUT2D eigenvalue weighted by molar-refractivity contribution is -0.131. The molecule has 1 saturated heterocycles. The number of carbonyl (C=O) groups excluding carboxylic acids is 2. The number of nitrogens with zero attached hydrogens (tertiary/aromatic N) is 2. The summed E-state index contributed by atoms with van der Waals surface area (Å²) in [6, 6.07) is 6.49. The van der Waals surface area contributed by atoms with Crippen molar-refractivity contribution in [3.8, 4) is 0 Å². The summed E-state index contributed by atoms with van der Waals surface area (Å²) in [7, 11) is 0. The topological polar surface area (TPSA) is 52.7 Å². The second-order valence-electron chi connectivity index (χ2n) is 8.03. The number of hydrogen-bond donors (Lipinski definition) is 1. The van der Waals surface area contributed by atoms with Crippen molar-refractivity contribution in [2.45, 2.75) is 40.0 Å². The first-order valence-corrected chi connectivity index (χ1v) is 9.30. The van der Waals surface area contributed by atoms with Crippen LogP contribution in [0, 0.1) is 11.2 Å². The molecule has 1 aromatic rings. The van der Waals surface area contributed by atoms with E-state index < -0.39 is 0 Å². The molecule has 3 amide bonds. The number of halogens is 1. The highest BCUT2D eigenvalue weighted by Crippen LogP contribution is 2.13. The van der Waals surface area contributed by atoms with Crippen LogP contribution in [0.1, 0.15) is 39.2 Å². The normalized spacial score (nSPS) is 15.5. The van der Waals surface area contributed by atoms with Crippen LogP contribution in [0.15, 0.2) is 24.3 Å². The molecule has 0 bridgehead atoms. The molecule has 0 unspecified atom stereocenters. The molecule has 26 heavy (non-hydrogen) atoms. The molecule has 1 aliphatic rings. The molecule has 0 aliphatic carbocycles. The molecule has 5 nitrogen and oxygen atoms in total. The quantitative estimate of drug-likeness (QED) is 0.894. The number of hydrogen-bond acceptors (Lipinski definition) is 2. The second-order valence-corrected chi connectivity index (χ2v) is 8.03. The minimum absolute atomic E-state index is 0.0187. The van der Waals surface area contributed by atoms with E-state index in [0.717, 1.165) is 6.42 Å². The molecule has 1 aliphatic heterocycles. The van der Waals surface area contributed by atoms with Crippen LogP contribution in [0.5, 0.6) is 0 Å². The molecule has 1 fully saturated rings. The maximum atomic E-state index is 13.7. The van der Waals surface area contributed by atoms with Gasteiger partial charge in [-0.15, -0.1) is 0 Å². The fourth-order valence-corrected chi connectivity index (χ4v) is 2.92. The molecule has 144 valence electrons. The van der Waals surface area contributed by atoms with Crippen molar-refractivity contribution in [1.29, 1.82) is 0 Å². The van der Waals surface area contributed by atoms with E-state index in [-0.39, 0.29) is 29.6 Å². The van der Waals surface area contributed by atoms with E-state index in [1.54, 1.807) is 28.0 Å². The predicted octanol–water partition coefficient (Wildman–Crippen LogP) is 3.05. The Kier molecular flexibility index (Phi) is 7.00. The maximum absolute atomic E-state index is 13.7. The number of amides is 3. The van der Waals surface area contributed by atoms with Gasteiger partial charge in [0, 0.05) is 39.1 Å². The van der Waals surface area contributed by atoms with Gasteiger partial charge in [-0.3, -0.25) is 4.79 Å². The van der Waals surface area contributed by atoms with E-state index in [1.165, 1.54) is 6.07 Å². The summed E-state index contributed by atoms with van der Waals surface area (Å²) in [5.41, 5.74) is 0.606. The molecular weight excluding hydrogens is 333 g/mol. The van der Waals surface area contributed by atoms with E-state index in [4.69, 9.17) is 0 Å². The molecule has 1 heterocycles. The van der Waals surface area contributed by atoms with Gasteiger partial charge < -0.3 is 15.1 Å². The number of nitrogens with one attached hydrogen (secondary N) is 1. The van der Waals surface area contributed by atoms with Crippen LogP contribution in [0.4, 0.5) is 9.18 Å². The third-order valence-electron chi connectivity index (χ3n) is 4.47. The lowest BCUT2D eigenvalue weighted by Gasteiger charge is -2.25. The largest absolute Gasteiger partial charge is 0.341 e. The van der Waals surface area contributed by atoms with E-state index in [2.05, 4.69) is 26.1 Å². The highest BCUT2D eigenvalue weighted by Gasteiger charge is 2.23. The van der Waals surface area contributed by atoms with Crippen LogP contribution in [0.2, 0.25) is 0 Å². The molecule has 0 radical (unpaired) electrons. The van der Waals surface area contributed by atoms with Gasteiger partial charge >= 0.3 is 6.03 Å². The standard InChI is InChI=1S/C20H30FN3O2/c1-20(2,3)15-22-19(26)24-12-6-11-23(13-14-24)18(25)10-9-16-7-4-5-8-17(16)21/h4-5,7-8H,6,9-15H2,1-3H3,(H,22,26). The Morgan fingerprint density at radius 2 is 1.73 bits per heavy atom. The smallest absolute Gasteiger partial charge is 0.317 e. The molecule has 6 heteroatoms. The minimum Gasteiger partial charge on any atom is -0.341 e. The zero-order valence-electron chi connectivity index (χ0n) is 16.1. The number of rotatable bonds is 4. The van der Waals surface area contributed by atoms with E-state index in [9.17, 15) is 14.0 Å². The van der Waals surface area contributed by atoms with Crippen LogP contribution < -0.4 is 5.32 Å². The second kappa shape index (κ2) is 9.01. The summed E-state index contributed by atoms with van der Waals surface area (Å²) in [6.45, 7) is 9.18. The summed E-state index contributed by atoms with van der Waals surface area (Å²) < 4.78 is 13.7. The van der Waals surface area contributed by atoms with E-state index >= 15 is 0 Å². The van der Waals surface area contributed by atoms with Gasteiger partial charge in [-0.2, -0.15) is 0 Å². The van der Waals surface area contributed by atoms with Crippen molar-refractivity contribution in [2.75, 3.05) is 32.7 Å². The average molecular weight is 363 g/mol. The summed E-state index contributed by atoms with van der Waals surface area (Å²) in [6.07, 6.45) is 1.45. The molecule has 0 aromatic heterocycles. The Balaban J connectivity index is 1.81. The fraction of sp³-hybridized carbons (Fsp3) is 0.600. The Labute approximate surface area is 155 Å². The van der Waals surface area contributed by atoms with Crippen molar-refractivity contribution in [2.24, 2.45) is 5.41 Å². The zero-order chi connectivity index (χ0) is 19.2. The molecule has 1 N–H and O–H groups in total. The summed E-state index contributed by atoms with van der Waals surface area (Å²) in [4.78, 5) is 28.3.